The third kappa shape index (κ3) is 3.26. The number of aromatic nitrogens is 1. The molecular formula is C14H23N3OS. The van der Waals surface area contributed by atoms with Crippen molar-refractivity contribution in [2.45, 2.75) is 44.2 Å². The van der Waals surface area contributed by atoms with Gasteiger partial charge >= 0.3 is 0 Å². The number of nitrogens with zero attached hydrogens (tertiary/aromatic N) is 2. The van der Waals surface area contributed by atoms with Crippen molar-refractivity contribution >= 4 is 23.4 Å². The zero-order chi connectivity index (χ0) is 14.0. The lowest BCUT2D eigenvalue weighted by molar-refractivity contribution is 0.0742. The van der Waals surface area contributed by atoms with Gasteiger partial charge in [-0.15, -0.1) is 0 Å². The molecule has 2 heterocycles. The number of aryl methyl sites for hydroxylation is 1. The lowest BCUT2D eigenvalue weighted by atomic mass is 10.2. The molecule has 2 N–H and O–H groups in total. The van der Waals surface area contributed by atoms with E-state index in [2.05, 4.69) is 20.8 Å². The van der Waals surface area contributed by atoms with Crippen LogP contribution in [0.4, 0.5) is 5.69 Å². The summed E-state index contributed by atoms with van der Waals surface area (Å²) in [5.74, 6) is 0.115. The van der Waals surface area contributed by atoms with Gasteiger partial charge in [0.1, 0.15) is 5.69 Å². The number of thioether (sulfide) groups is 1. The summed E-state index contributed by atoms with van der Waals surface area (Å²) >= 11 is 1.95. The Morgan fingerprint density at radius 2 is 2.05 bits per heavy atom. The van der Waals surface area contributed by atoms with Gasteiger partial charge in [0.05, 0.1) is 5.69 Å². The maximum atomic E-state index is 12.6. The fraction of sp³-hybridized carbons (Fsp3) is 0.643. The molecule has 106 valence electrons. The standard InChI is InChI=1S/C14H23N3OS/c1-4-5-16-9-12(15)6-13(16)14(18)17-7-10(2)19-11(3)8-17/h6,9-11H,4-5,7-8,15H2,1-3H3. The first-order chi connectivity index (χ1) is 9.01. The highest BCUT2D eigenvalue weighted by Gasteiger charge is 2.28. The van der Waals surface area contributed by atoms with E-state index in [1.807, 2.05) is 27.4 Å². The van der Waals surface area contributed by atoms with Crippen molar-refractivity contribution < 1.29 is 4.79 Å². The van der Waals surface area contributed by atoms with Gasteiger partial charge in [0.2, 0.25) is 0 Å². The highest BCUT2D eigenvalue weighted by atomic mass is 32.2. The molecule has 1 aliphatic heterocycles. The van der Waals surface area contributed by atoms with Crippen molar-refractivity contribution in [2.24, 2.45) is 0 Å². The van der Waals surface area contributed by atoms with Crippen molar-refractivity contribution in [3.63, 3.8) is 0 Å². The Bertz CT molecular complexity index is 448. The molecule has 2 unspecified atom stereocenters. The van der Waals surface area contributed by atoms with E-state index in [0.29, 0.717) is 16.2 Å². The molecular weight excluding hydrogens is 258 g/mol. The smallest absolute Gasteiger partial charge is 0.270 e. The van der Waals surface area contributed by atoms with E-state index in [9.17, 15) is 4.79 Å². The molecule has 0 saturated carbocycles. The van der Waals surface area contributed by atoms with Crippen molar-refractivity contribution in [1.82, 2.24) is 9.47 Å². The van der Waals surface area contributed by atoms with Crippen LogP contribution in [0.3, 0.4) is 0 Å². The quantitative estimate of drug-likeness (QED) is 0.926. The van der Waals surface area contributed by atoms with Gasteiger partial charge in [0, 0.05) is 36.3 Å². The summed E-state index contributed by atoms with van der Waals surface area (Å²) in [5, 5.41) is 0.999. The second kappa shape index (κ2) is 5.90. The molecule has 2 rings (SSSR count). The van der Waals surface area contributed by atoms with Crippen LogP contribution in [0.5, 0.6) is 0 Å². The van der Waals surface area contributed by atoms with E-state index in [4.69, 9.17) is 5.73 Å². The van der Waals surface area contributed by atoms with Crippen molar-refractivity contribution in [3.8, 4) is 0 Å². The van der Waals surface area contributed by atoms with Gasteiger partial charge in [0.25, 0.3) is 5.91 Å². The van der Waals surface area contributed by atoms with Crippen LogP contribution in [0, 0.1) is 0 Å². The minimum atomic E-state index is 0.115. The van der Waals surface area contributed by atoms with E-state index in [1.165, 1.54) is 0 Å². The van der Waals surface area contributed by atoms with Crippen molar-refractivity contribution in [1.29, 1.82) is 0 Å². The van der Waals surface area contributed by atoms with Gasteiger partial charge in [0.15, 0.2) is 0 Å². The molecule has 1 aliphatic rings. The van der Waals surface area contributed by atoms with Crippen LogP contribution in [0.2, 0.25) is 0 Å². The normalized spacial score (nSPS) is 23.6. The molecule has 5 heteroatoms. The Morgan fingerprint density at radius 1 is 1.42 bits per heavy atom. The number of nitrogens with two attached hydrogens (primary N) is 1. The first kappa shape index (κ1) is 14.3. The monoisotopic (exact) mass is 281 g/mol. The van der Waals surface area contributed by atoms with Gasteiger partial charge in [-0.25, -0.2) is 0 Å². The Hall–Kier alpha value is -1.10. The highest BCUT2D eigenvalue weighted by Crippen LogP contribution is 2.26. The third-order valence-electron chi connectivity index (χ3n) is 3.31. The van der Waals surface area contributed by atoms with Gasteiger partial charge in [-0.3, -0.25) is 4.79 Å². The molecule has 1 saturated heterocycles. The number of anilines is 1. The number of carbonyl (C=O) groups excluding carboxylic acids is 1. The second-order valence-corrected chi connectivity index (χ2v) is 7.20. The summed E-state index contributed by atoms with van der Waals surface area (Å²) < 4.78 is 1.98. The van der Waals surface area contributed by atoms with Gasteiger partial charge in [-0.1, -0.05) is 20.8 Å². The van der Waals surface area contributed by atoms with E-state index in [0.717, 1.165) is 31.7 Å². The van der Waals surface area contributed by atoms with Crippen LogP contribution in [0.1, 0.15) is 37.7 Å². The molecule has 0 aromatic carbocycles. The number of hydrogen-bond acceptors (Lipinski definition) is 3. The Morgan fingerprint density at radius 3 is 2.63 bits per heavy atom. The van der Waals surface area contributed by atoms with E-state index >= 15 is 0 Å². The van der Waals surface area contributed by atoms with Crippen molar-refractivity contribution in [3.05, 3.63) is 18.0 Å². The summed E-state index contributed by atoms with van der Waals surface area (Å²) in [7, 11) is 0. The number of carbonyl (C=O) groups is 1. The zero-order valence-electron chi connectivity index (χ0n) is 11.9. The first-order valence-electron chi connectivity index (χ1n) is 6.91. The molecule has 1 amide bonds. The van der Waals surface area contributed by atoms with Crippen LogP contribution < -0.4 is 5.73 Å². The molecule has 0 bridgehead atoms. The summed E-state index contributed by atoms with van der Waals surface area (Å²) in [6, 6.07) is 1.80. The van der Waals surface area contributed by atoms with Crippen LogP contribution in [-0.2, 0) is 6.54 Å². The molecule has 1 aromatic rings. The number of amides is 1. The lowest BCUT2D eigenvalue weighted by Crippen LogP contribution is -2.44. The van der Waals surface area contributed by atoms with Gasteiger partial charge in [-0.05, 0) is 12.5 Å². The predicted molar refractivity (Wildman–Crippen MR) is 81.6 cm³/mol. The molecule has 0 aliphatic carbocycles. The van der Waals surface area contributed by atoms with E-state index in [-0.39, 0.29) is 5.91 Å². The largest absolute Gasteiger partial charge is 0.397 e. The lowest BCUT2D eigenvalue weighted by Gasteiger charge is -2.34. The average molecular weight is 281 g/mol. The SMILES string of the molecule is CCCn1cc(N)cc1C(=O)N1CC(C)SC(C)C1. The summed E-state index contributed by atoms with van der Waals surface area (Å²) in [6.45, 7) is 8.95. The minimum Gasteiger partial charge on any atom is -0.397 e. The number of hydrogen-bond donors (Lipinski definition) is 1. The number of nitrogen functional groups attached to an aromatic ring is 1. The maximum absolute atomic E-state index is 12.6. The third-order valence-corrected chi connectivity index (χ3v) is 4.54. The molecule has 0 spiro atoms. The average Bonchev–Trinajstić information content (AvgIpc) is 2.68. The molecule has 1 fully saturated rings. The molecule has 4 nitrogen and oxygen atoms in total. The van der Waals surface area contributed by atoms with Crippen LogP contribution in [0.25, 0.3) is 0 Å². The second-order valence-electron chi connectivity index (χ2n) is 5.32. The van der Waals surface area contributed by atoms with E-state index < -0.39 is 0 Å². The fourth-order valence-corrected chi connectivity index (χ4v) is 3.97. The first-order valence-corrected chi connectivity index (χ1v) is 7.86. The predicted octanol–water partition coefficient (Wildman–Crippen LogP) is 2.45. The van der Waals surface area contributed by atoms with Crippen LogP contribution in [-0.4, -0.2) is 39.0 Å². The van der Waals surface area contributed by atoms with Crippen LogP contribution in [0.15, 0.2) is 12.3 Å². The zero-order valence-corrected chi connectivity index (χ0v) is 12.7. The Balaban J connectivity index is 2.18. The molecule has 0 radical (unpaired) electrons. The summed E-state index contributed by atoms with van der Waals surface area (Å²) in [5.41, 5.74) is 7.23. The van der Waals surface area contributed by atoms with E-state index in [1.54, 1.807) is 6.07 Å². The highest BCUT2D eigenvalue weighted by molar-refractivity contribution is 8.00. The summed E-state index contributed by atoms with van der Waals surface area (Å²) in [4.78, 5) is 14.6. The number of rotatable bonds is 3. The van der Waals surface area contributed by atoms with Crippen molar-refractivity contribution in [2.75, 3.05) is 18.8 Å². The fourth-order valence-electron chi connectivity index (χ4n) is 2.64. The van der Waals surface area contributed by atoms with Crippen LogP contribution >= 0.6 is 11.8 Å². The molecule has 2 atom stereocenters. The maximum Gasteiger partial charge on any atom is 0.270 e. The summed E-state index contributed by atoms with van der Waals surface area (Å²) in [6.07, 6.45) is 2.86. The van der Waals surface area contributed by atoms with Gasteiger partial charge in [-0.2, -0.15) is 11.8 Å². The molecule has 19 heavy (non-hydrogen) atoms. The van der Waals surface area contributed by atoms with Gasteiger partial charge < -0.3 is 15.2 Å². The topological polar surface area (TPSA) is 51.3 Å². The Kier molecular flexibility index (Phi) is 4.45. The minimum absolute atomic E-state index is 0.115. The molecule has 1 aromatic heterocycles. The Labute approximate surface area is 119 Å².